The van der Waals surface area contributed by atoms with Gasteiger partial charge >= 0.3 is 0 Å². The Bertz CT molecular complexity index is 272. The van der Waals surface area contributed by atoms with E-state index in [-0.39, 0.29) is 0 Å². The van der Waals surface area contributed by atoms with E-state index < -0.39 is 0 Å². The molecule has 2 aliphatic rings. The van der Waals surface area contributed by atoms with Crippen LogP contribution in [0.5, 0.6) is 0 Å². The van der Waals surface area contributed by atoms with Crippen molar-refractivity contribution in [1.82, 2.24) is 9.80 Å². The first-order valence-electron chi connectivity index (χ1n) is 7.86. The fraction of sp³-hybridized carbons (Fsp3) is 1.00. The molecule has 0 bridgehead atoms. The number of likely N-dealkylation sites (tertiary alicyclic amines) is 1. The second-order valence-corrected chi connectivity index (χ2v) is 6.84. The molecular formula is C15H31N3O. The van der Waals surface area contributed by atoms with Gasteiger partial charge in [-0.05, 0) is 24.8 Å². The van der Waals surface area contributed by atoms with Crippen LogP contribution in [-0.2, 0) is 4.74 Å². The van der Waals surface area contributed by atoms with Crippen LogP contribution >= 0.6 is 0 Å². The van der Waals surface area contributed by atoms with E-state index in [1.54, 1.807) is 0 Å². The third kappa shape index (κ3) is 4.71. The molecule has 0 aliphatic carbocycles. The molecule has 112 valence electrons. The zero-order valence-electron chi connectivity index (χ0n) is 12.8. The molecule has 19 heavy (non-hydrogen) atoms. The summed E-state index contributed by atoms with van der Waals surface area (Å²) in [6, 6.07) is 0.390. The van der Waals surface area contributed by atoms with E-state index in [1.807, 2.05) is 0 Å². The van der Waals surface area contributed by atoms with Crippen LogP contribution in [-0.4, -0.2) is 67.8 Å². The van der Waals surface area contributed by atoms with Gasteiger partial charge in [0.2, 0.25) is 0 Å². The molecule has 2 fully saturated rings. The molecular weight excluding hydrogens is 238 g/mol. The monoisotopic (exact) mass is 269 g/mol. The highest BCUT2D eigenvalue weighted by Crippen LogP contribution is 2.17. The smallest absolute Gasteiger partial charge is 0.0829 e. The van der Waals surface area contributed by atoms with Gasteiger partial charge in [0, 0.05) is 38.8 Å². The van der Waals surface area contributed by atoms with Crippen LogP contribution in [0.15, 0.2) is 0 Å². The number of ether oxygens (including phenoxy) is 1. The highest BCUT2D eigenvalue weighted by molar-refractivity contribution is 4.83. The van der Waals surface area contributed by atoms with Gasteiger partial charge in [-0.15, -0.1) is 0 Å². The lowest BCUT2D eigenvalue weighted by Gasteiger charge is -2.40. The third-order valence-corrected chi connectivity index (χ3v) is 4.36. The third-order valence-electron chi connectivity index (χ3n) is 4.36. The molecule has 2 aliphatic heterocycles. The topological polar surface area (TPSA) is 41.7 Å². The average molecular weight is 269 g/mol. The fourth-order valence-corrected chi connectivity index (χ4v) is 3.28. The largest absolute Gasteiger partial charge is 0.374 e. The van der Waals surface area contributed by atoms with E-state index in [1.165, 1.54) is 6.54 Å². The van der Waals surface area contributed by atoms with Crippen molar-refractivity contribution >= 4 is 0 Å². The van der Waals surface area contributed by atoms with Crippen molar-refractivity contribution < 1.29 is 4.74 Å². The lowest BCUT2D eigenvalue weighted by Crippen LogP contribution is -2.52. The first-order chi connectivity index (χ1) is 9.04. The summed E-state index contributed by atoms with van der Waals surface area (Å²) < 4.78 is 5.94. The number of hydrogen-bond acceptors (Lipinski definition) is 4. The SMILES string of the molecule is CC(C)CN1CCOC(CN2CCC(N)C(C)C2)C1. The summed E-state index contributed by atoms with van der Waals surface area (Å²) in [5, 5.41) is 0. The number of nitrogens with two attached hydrogens (primary N) is 1. The normalized spacial score (nSPS) is 34.9. The van der Waals surface area contributed by atoms with E-state index in [4.69, 9.17) is 10.5 Å². The Morgan fingerprint density at radius 2 is 2.00 bits per heavy atom. The van der Waals surface area contributed by atoms with E-state index in [0.29, 0.717) is 18.1 Å². The second-order valence-electron chi connectivity index (χ2n) is 6.84. The molecule has 0 spiro atoms. The molecule has 0 saturated carbocycles. The zero-order chi connectivity index (χ0) is 13.8. The molecule has 0 amide bonds. The molecule has 0 aromatic carbocycles. The maximum atomic E-state index is 6.08. The zero-order valence-corrected chi connectivity index (χ0v) is 12.8. The molecule has 3 unspecified atom stereocenters. The Labute approximate surface area is 118 Å². The lowest BCUT2D eigenvalue weighted by atomic mass is 9.94. The highest BCUT2D eigenvalue weighted by Gasteiger charge is 2.27. The first kappa shape index (κ1) is 15.2. The molecule has 3 atom stereocenters. The molecule has 2 saturated heterocycles. The predicted octanol–water partition coefficient (Wildman–Crippen LogP) is 1.01. The molecule has 2 rings (SSSR count). The van der Waals surface area contributed by atoms with Crippen molar-refractivity contribution in [3.05, 3.63) is 0 Å². The standard InChI is InChI=1S/C15H31N3O/c1-12(2)8-18-6-7-19-14(11-18)10-17-5-4-15(16)13(3)9-17/h12-15H,4-11,16H2,1-3H3. The van der Waals surface area contributed by atoms with Gasteiger partial charge in [-0.3, -0.25) is 4.90 Å². The fourth-order valence-electron chi connectivity index (χ4n) is 3.28. The Kier molecular flexibility index (Phi) is 5.63. The Morgan fingerprint density at radius 1 is 1.21 bits per heavy atom. The van der Waals surface area contributed by atoms with Crippen LogP contribution < -0.4 is 5.73 Å². The van der Waals surface area contributed by atoms with Crippen molar-refractivity contribution in [2.75, 3.05) is 45.9 Å². The maximum absolute atomic E-state index is 6.08. The lowest BCUT2D eigenvalue weighted by molar-refractivity contribution is -0.0505. The minimum atomic E-state index is 0.383. The van der Waals surface area contributed by atoms with Gasteiger partial charge in [-0.2, -0.15) is 0 Å². The Morgan fingerprint density at radius 3 is 2.68 bits per heavy atom. The molecule has 0 aromatic rings. The van der Waals surface area contributed by atoms with E-state index in [2.05, 4.69) is 30.6 Å². The summed E-state index contributed by atoms with van der Waals surface area (Å²) >= 11 is 0. The van der Waals surface area contributed by atoms with Gasteiger partial charge in [0.25, 0.3) is 0 Å². The van der Waals surface area contributed by atoms with Gasteiger partial charge in [-0.25, -0.2) is 0 Å². The molecule has 0 aromatic heterocycles. The minimum Gasteiger partial charge on any atom is -0.374 e. The number of rotatable bonds is 4. The van der Waals surface area contributed by atoms with Crippen LogP contribution in [0.25, 0.3) is 0 Å². The van der Waals surface area contributed by atoms with Crippen molar-refractivity contribution in [3.63, 3.8) is 0 Å². The van der Waals surface area contributed by atoms with E-state index in [9.17, 15) is 0 Å². The van der Waals surface area contributed by atoms with Crippen molar-refractivity contribution in [2.45, 2.75) is 39.3 Å². The summed E-state index contributed by atoms with van der Waals surface area (Å²) in [6.45, 7) is 14.5. The molecule has 0 radical (unpaired) electrons. The van der Waals surface area contributed by atoms with Gasteiger partial charge in [-0.1, -0.05) is 20.8 Å². The van der Waals surface area contributed by atoms with Crippen molar-refractivity contribution in [1.29, 1.82) is 0 Å². The van der Waals surface area contributed by atoms with Crippen LogP contribution in [0.2, 0.25) is 0 Å². The first-order valence-corrected chi connectivity index (χ1v) is 7.86. The van der Waals surface area contributed by atoms with Gasteiger partial charge in [0.15, 0.2) is 0 Å². The number of piperidine rings is 1. The minimum absolute atomic E-state index is 0.383. The number of hydrogen-bond donors (Lipinski definition) is 1. The van der Waals surface area contributed by atoms with Crippen LogP contribution in [0, 0.1) is 11.8 Å². The maximum Gasteiger partial charge on any atom is 0.0829 e. The highest BCUT2D eigenvalue weighted by atomic mass is 16.5. The number of nitrogens with zero attached hydrogens (tertiary/aromatic N) is 2. The Balaban J connectivity index is 1.76. The Hall–Kier alpha value is -0.160. The van der Waals surface area contributed by atoms with Gasteiger partial charge in [0.1, 0.15) is 0 Å². The molecule has 2 N–H and O–H groups in total. The van der Waals surface area contributed by atoms with Gasteiger partial charge in [0.05, 0.1) is 12.7 Å². The average Bonchev–Trinajstić information content (AvgIpc) is 2.33. The number of morpholine rings is 1. The van der Waals surface area contributed by atoms with E-state index >= 15 is 0 Å². The van der Waals surface area contributed by atoms with Crippen LogP contribution in [0.3, 0.4) is 0 Å². The predicted molar refractivity (Wildman–Crippen MR) is 79.2 cm³/mol. The summed E-state index contributed by atoms with van der Waals surface area (Å²) in [7, 11) is 0. The van der Waals surface area contributed by atoms with Gasteiger partial charge < -0.3 is 15.4 Å². The summed E-state index contributed by atoms with van der Waals surface area (Å²) in [5.41, 5.74) is 6.08. The summed E-state index contributed by atoms with van der Waals surface area (Å²) in [5.74, 6) is 1.36. The van der Waals surface area contributed by atoms with Crippen LogP contribution in [0.1, 0.15) is 27.2 Å². The van der Waals surface area contributed by atoms with Crippen molar-refractivity contribution in [2.24, 2.45) is 17.6 Å². The second kappa shape index (κ2) is 7.02. The summed E-state index contributed by atoms with van der Waals surface area (Å²) in [4.78, 5) is 5.09. The van der Waals surface area contributed by atoms with Crippen LogP contribution in [0.4, 0.5) is 0 Å². The quantitative estimate of drug-likeness (QED) is 0.827. The molecule has 2 heterocycles. The summed E-state index contributed by atoms with van der Waals surface area (Å²) in [6.07, 6.45) is 1.51. The molecule has 4 nitrogen and oxygen atoms in total. The molecule has 4 heteroatoms. The van der Waals surface area contributed by atoms with Crippen molar-refractivity contribution in [3.8, 4) is 0 Å². The van der Waals surface area contributed by atoms with E-state index in [0.717, 1.165) is 51.7 Å².